The molecule has 0 N–H and O–H groups in total. The van der Waals surface area contributed by atoms with Gasteiger partial charge in [-0.05, 0) is 44.4 Å². The fraction of sp³-hybridized carbons (Fsp3) is 0.357. The van der Waals surface area contributed by atoms with E-state index >= 15 is 0 Å². The summed E-state index contributed by atoms with van der Waals surface area (Å²) in [6.07, 6.45) is 9.15. The van der Waals surface area contributed by atoms with Crippen molar-refractivity contribution in [1.29, 1.82) is 0 Å². The van der Waals surface area contributed by atoms with Gasteiger partial charge >= 0.3 is 0 Å². The van der Waals surface area contributed by atoms with Crippen LogP contribution in [0.15, 0.2) is 35.7 Å². The van der Waals surface area contributed by atoms with Crippen LogP contribution < -0.4 is 0 Å². The molecule has 0 aromatic carbocycles. The zero-order chi connectivity index (χ0) is 11.3. The third-order valence-corrected chi connectivity index (χ3v) is 2.80. The van der Waals surface area contributed by atoms with E-state index in [0.29, 0.717) is 0 Å². The highest BCUT2D eigenvalue weighted by atomic mass is 14.6. The topological polar surface area (TPSA) is 12.9 Å². The van der Waals surface area contributed by atoms with Crippen LogP contribution in [0.1, 0.15) is 38.3 Å². The molecule has 1 heteroatoms. The number of aromatic nitrogens is 1. The van der Waals surface area contributed by atoms with E-state index in [1.54, 1.807) is 0 Å². The van der Waals surface area contributed by atoms with Crippen LogP contribution in [0.4, 0.5) is 0 Å². The molecule has 0 amide bonds. The lowest BCUT2D eigenvalue weighted by atomic mass is 10.1. The van der Waals surface area contributed by atoms with Crippen molar-refractivity contribution in [3.63, 3.8) is 0 Å². The average Bonchev–Trinajstić information content (AvgIpc) is 2.26. The number of rotatable bonds is 3. The minimum atomic E-state index is 1.11. The Morgan fingerprint density at radius 2 is 2.13 bits per heavy atom. The van der Waals surface area contributed by atoms with E-state index in [1.165, 1.54) is 22.3 Å². The lowest BCUT2D eigenvalue weighted by molar-refractivity contribution is 1.07. The van der Waals surface area contributed by atoms with E-state index in [-0.39, 0.29) is 0 Å². The van der Waals surface area contributed by atoms with Crippen LogP contribution in [-0.2, 0) is 0 Å². The molecule has 1 aromatic heterocycles. The normalized spacial score (nSPS) is 13.1. The van der Waals surface area contributed by atoms with Gasteiger partial charge in [0.2, 0.25) is 0 Å². The number of hydrogen-bond acceptors (Lipinski definition) is 1. The third kappa shape index (κ3) is 3.35. The molecule has 0 saturated heterocycles. The Morgan fingerprint density at radius 1 is 1.40 bits per heavy atom. The van der Waals surface area contributed by atoms with Crippen molar-refractivity contribution in [3.8, 4) is 0 Å². The van der Waals surface area contributed by atoms with Gasteiger partial charge in [0.05, 0.1) is 0 Å². The summed E-state index contributed by atoms with van der Waals surface area (Å²) in [6.45, 7) is 8.62. The number of allylic oxidation sites excluding steroid dienone is 3. The summed E-state index contributed by atoms with van der Waals surface area (Å²) in [7, 11) is 0. The number of hydrogen-bond donors (Lipinski definition) is 0. The maximum atomic E-state index is 4.12. The maximum absolute atomic E-state index is 4.12. The number of nitrogens with zero attached hydrogens (tertiary/aromatic N) is 1. The molecule has 0 radical (unpaired) electrons. The first kappa shape index (κ1) is 11.7. The molecule has 0 aliphatic heterocycles. The highest BCUT2D eigenvalue weighted by Gasteiger charge is 1.93. The van der Waals surface area contributed by atoms with Crippen LogP contribution in [0.5, 0.6) is 0 Å². The smallest absolute Gasteiger partial charge is 0.0342 e. The second-order valence-corrected chi connectivity index (χ2v) is 3.88. The summed E-state index contributed by atoms with van der Waals surface area (Å²) in [5.41, 5.74) is 5.25. The molecule has 0 saturated carbocycles. The zero-order valence-corrected chi connectivity index (χ0v) is 10.0. The number of pyridine rings is 1. The minimum absolute atomic E-state index is 1.11. The molecule has 0 fully saturated rings. The number of aryl methyl sites for hydroxylation is 1. The van der Waals surface area contributed by atoms with E-state index < -0.39 is 0 Å². The van der Waals surface area contributed by atoms with E-state index in [9.17, 15) is 0 Å². The second kappa shape index (κ2) is 5.50. The Labute approximate surface area is 92.6 Å². The molecule has 1 rings (SSSR count). The second-order valence-electron chi connectivity index (χ2n) is 3.88. The molecular formula is C14H19N. The predicted octanol–water partition coefficient (Wildman–Crippen LogP) is 4.15. The Hall–Kier alpha value is -1.37. The Kier molecular flexibility index (Phi) is 4.29. The molecule has 0 bridgehead atoms. The molecule has 0 aliphatic rings. The summed E-state index contributed by atoms with van der Waals surface area (Å²) in [5, 5.41) is 0. The first-order valence-corrected chi connectivity index (χ1v) is 5.40. The summed E-state index contributed by atoms with van der Waals surface area (Å²) < 4.78 is 0. The van der Waals surface area contributed by atoms with E-state index in [1.807, 2.05) is 18.5 Å². The lowest BCUT2D eigenvalue weighted by Crippen LogP contribution is -1.83. The molecule has 1 nitrogen and oxygen atoms in total. The predicted molar refractivity (Wildman–Crippen MR) is 66.7 cm³/mol. The largest absolute Gasteiger partial charge is 0.264 e. The van der Waals surface area contributed by atoms with E-state index in [4.69, 9.17) is 0 Å². The van der Waals surface area contributed by atoms with Gasteiger partial charge in [0.15, 0.2) is 0 Å². The van der Waals surface area contributed by atoms with Crippen LogP contribution in [0.25, 0.3) is 6.08 Å². The standard InChI is InChI=1S/C14H19N/c1-5-11(2)12(3)6-7-14-10-15-9-8-13(14)4/h6-10H,5H2,1-4H3/b7-6-,12-11+. The van der Waals surface area contributed by atoms with Crippen molar-refractivity contribution in [2.45, 2.75) is 34.1 Å². The minimum Gasteiger partial charge on any atom is -0.264 e. The van der Waals surface area contributed by atoms with Gasteiger partial charge in [0.1, 0.15) is 0 Å². The van der Waals surface area contributed by atoms with Gasteiger partial charge in [-0.3, -0.25) is 4.98 Å². The lowest BCUT2D eigenvalue weighted by Gasteiger charge is -2.01. The SMILES string of the molecule is CC/C(C)=C(C)/C=C\c1cnccc1C. The molecule has 1 heterocycles. The van der Waals surface area contributed by atoms with Gasteiger partial charge in [-0.2, -0.15) is 0 Å². The summed E-state index contributed by atoms with van der Waals surface area (Å²) in [5.74, 6) is 0. The Morgan fingerprint density at radius 3 is 2.73 bits per heavy atom. The molecule has 0 atom stereocenters. The van der Waals surface area contributed by atoms with Gasteiger partial charge in [0, 0.05) is 12.4 Å². The summed E-state index contributed by atoms with van der Waals surface area (Å²) in [4.78, 5) is 4.12. The maximum Gasteiger partial charge on any atom is 0.0342 e. The van der Waals surface area contributed by atoms with Crippen molar-refractivity contribution in [2.24, 2.45) is 0 Å². The molecule has 0 spiro atoms. The third-order valence-electron chi connectivity index (χ3n) is 2.80. The van der Waals surface area contributed by atoms with Crippen molar-refractivity contribution < 1.29 is 0 Å². The first-order chi connectivity index (χ1) is 7.15. The molecule has 80 valence electrons. The van der Waals surface area contributed by atoms with Crippen molar-refractivity contribution in [1.82, 2.24) is 4.98 Å². The fourth-order valence-electron chi connectivity index (χ4n) is 1.29. The van der Waals surface area contributed by atoms with Crippen LogP contribution >= 0.6 is 0 Å². The van der Waals surface area contributed by atoms with Crippen LogP contribution in [0.2, 0.25) is 0 Å². The highest BCUT2D eigenvalue weighted by molar-refractivity contribution is 5.55. The molecule has 1 aromatic rings. The van der Waals surface area contributed by atoms with Gasteiger partial charge in [0.25, 0.3) is 0 Å². The zero-order valence-electron chi connectivity index (χ0n) is 10.0. The van der Waals surface area contributed by atoms with Crippen molar-refractivity contribution >= 4 is 6.08 Å². The Bertz CT molecular complexity index is 386. The summed E-state index contributed by atoms with van der Waals surface area (Å²) in [6, 6.07) is 2.03. The molecule has 0 aliphatic carbocycles. The van der Waals surface area contributed by atoms with Crippen LogP contribution in [0, 0.1) is 6.92 Å². The fourth-order valence-corrected chi connectivity index (χ4v) is 1.29. The van der Waals surface area contributed by atoms with Crippen molar-refractivity contribution in [3.05, 3.63) is 46.8 Å². The van der Waals surface area contributed by atoms with E-state index in [2.05, 4.69) is 44.8 Å². The van der Waals surface area contributed by atoms with Gasteiger partial charge in [-0.15, -0.1) is 0 Å². The van der Waals surface area contributed by atoms with E-state index in [0.717, 1.165) is 6.42 Å². The van der Waals surface area contributed by atoms with Crippen molar-refractivity contribution in [2.75, 3.05) is 0 Å². The monoisotopic (exact) mass is 201 g/mol. The molecule has 0 unspecified atom stereocenters. The quantitative estimate of drug-likeness (QED) is 0.669. The van der Waals surface area contributed by atoms with Crippen LogP contribution in [-0.4, -0.2) is 4.98 Å². The molecule has 15 heavy (non-hydrogen) atoms. The van der Waals surface area contributed by atoms with Gasteiger partial charge < -0.3 is 0 Å². The Balaban J connectivity index is 2.88. The van der Waals surface area contributed by atoms with Gasteiger partial charge in [-0.25, -0.2) is 0 Å². The average molecular weight is 201 g/mol. The summed E-state index contributed by atoms with van der Waals surface area (Å²) >= 11 is 0. The first-order valence-electron chi connectivity index (χ1n) is 5.40. The highest BCUT2D eigenvalue weighted by Crippen LogP contribution is 2.12. The van der Waals surface area contributed by atoms with Gasteiger partial charge in [-0.1, -0.05) is 30.2 Å². The van der Waals surface area contributed by atoms with Crippen LogP contribution in [0.3, 0.4) is 0 Å². The molecular weight excluding hydrogens is 182 g/mol.